The van der Waals surface area contributed by atoms with E-state index in [9.17, 15) is 4.79 Å². The molecule has 2 aromatic carbocycles. The van der Waals surface area contributed by atoms with E-state index in [1.807, 2.05) is 43.3 Å². The quantitative estimate of drug-likeness (QED) is 0.557. The third-order valence-corrected chi connectivity index (χ3v) is 4.59. The zero-order valence-corrected chi connectivity index (χ0v) is 15.4. The van der Waals surface area contributed by atoms with Crippen LogP contribution in [0.1, 0.15) is 30.5 Å². The molecule has 0 aromatic heterocycles. The van der Waals surface area contributed by atoms with E-state index < -0.39 is 0 Å². The van der Waals surface area contributed by atoms with Crippen LogP contribution in [0.5, 0.6) is 5.75 Å². The lowest BCUT2D eigenvalue weighted by molar-refractivity contribution is -0.122. The largest absolute Gasteiger partial charge is 0.497 e. The van der Waals surface area contributed by atoms with Crippen LogP contribution in [-0.4, -0.2) is 24.8 Å². The maximum Gasteiger partial charge on any atom is 0.258 e. The SMILES string of the molecule is COc1ccc(C2CC(C(=O)N/N=C(\C)c3ccc(Cl)cc3)NN2)cc1. The molecule has 136 valence electrons. The van der Waals surface area contributed by atoms with Crippen LogP contribution in [0.3, 0.4) is 0 Å². The Bertz CT molecular complexity index is 790. The number of ether oxygens (including phenoxy) is 1. The number of carbonyl (C=O) groups is 1. The van der Waals surface area contributed by atoms with E-state index >= 15 is 0 Å². The molecule has 26 heavy (non-hydrogen) atoms. The first-order chi connectivity index (χ1) is 12.6. The molecule has 0 spiro atoms. The molecule has 0 radical (unpaired) electrons. The highest BCUT2D eigenvalue weighted by molar-refractivity contribution is 6.30. The Hall–Kier alpha value is -2.41. The Kier molecular flexibility index (Phi) is 5.88. The van der Waals surface area contributed by atoms with Crippen molar-refractivity contribution < 1.29 is 9.53 Å². The van der Waals surface area contributed by atoms with Crippen molar-refractivity contribution in [2.24, 2.45) is 5.10 Å². The van der Waals surface area contributed by atoms with Gasteiger partial charge in [-0.3, -0.25) is 4.79 Å². The lowest BCUT2D eigenvalue weighted by Gasteiger charge is -2.10. The third kappa shape index (κ3) is 4.40. The number of nitrogens with zero attached hydrogens (tertiary/aromatic N) is 1. The van der Waals surface area contributed by atoms with Crippen molar-refractivity contribution in [1.29, 1.82) is 0 Å². The van der Waals surface area contributed by atoms with Crippen molar-refractivity contribution >= 4 is 23.2 Å². The normalized spacial score (nSPS) is 20.0. The molecule has 0 bridgehead atoms. The van der Waals surface area contributed by atoms with E-state index in [-0.39, 0.29) is 18.0 Å². The summed E-state index contributed by atoms with van der Waals surface area (Å²) in [4.78, 5) is 12.4. The zero-order chi connectivity index (χ0) is 18.5. The van der Waals surface area contributed by atoms with Gasteiger partial charge in [0.1, 0.15) is 11.8 Å². The van der Waals surface area contributed by atoms with Crippen molar-refractivity contribution in [1.82, 2.24) is 16.3 Å². The Morgan fingerprint density at radius 3 is 2.50 bits per heavy atom. The van der Waals surface area contributed by atoms with Crippen molar-refractivity contribution in [2.45, 2.75) is 25.4 Å². The maximum atomic E-state index is 12.4. The number of carbonyl (C=O) groups excluding carboxylic acids is 1. The minimum absolute atomic E-state index is 0.0537. The van der Waals surface area contributed by atoms with Crippen LogP contribution in [0.15, 0.2) is 53.6 Å². The molecule has 1 aliphatic rings. The second-order valence-electron chi connectivity index (χ2n) is 6.08. The Balaban J connectivity index is 1.57. The van der Waals surface area contributed by atoms with E-state index in [0.29, 0.717) is 17.2 Å². The third-order valence-electron chi connectivity index (χ3n) is 4.33. The fourth-order valence-electron chi connectivity index (χ4n) is 2.76. The van der Waals surface area contributed by atoms with E-state index in [4.69, 9.17) is 16.3 Å². The first-order valence-electron chi connectivity index (χ1n) is 8.32. The number of nitrogens with one attached hydrogen (secondary N) is 3. The summed E-state index contributed by atoms with van der Waals surface area (Å²) in [7, 11) is 1.64. The molecule has 6 nitrogen and oxygen atoms in total. The van der Waals surface area contributed by atoms with Gasteiger partial charge in [-0.05, 0) is 48.7 Å². The number of benzene rings is 2. The second kappa shape index (κ2) is 8.31. The lowest BCUT2D eigenvalue weighted by atomic mass is 10.0. The molecule has 1 saturated heterocycles. The maximum absolute atomic E-state index is 12.4. The molecule has 1 aliphatic heterocycles. The van der Waals surface area contributed by atoms with Crippen molar-refractivity contribution in [3.63, 3.8) is 0 Å². The molecule has 7 heteroatoms. The molecule has 2 atom stereocenters. The summed E-state index contributed by atoms with van der Waals surface area (Å²) in [5.74, 6) is 0.628. The van der Waals surface area contributed by atoms with Crippen LogP contribution in [0.4, 0.5) is 0 Å². The molecule has 1 heterocycles. The number of methoxy groups -OCH3 is 1. The van der Waals surface area contributed by atoms with Crippen LogP contribution in [0.25, 0.3) is 0 Å². The number of amides is 1. The van der Waals surface area contributed by atoms with Crippen molar-refractivity contribution in [3.05, 3.63) is 64.7 Å². The summed E-state index contributed by atoms with van der Waals surface area (Å²) in [6.07, 6.45) is 0.633. The Labute approximate surface area is 157 Å². The first-order valence-corrected chi connectivity index (χ1v) is 8.69. The monoisotopic (exact) mass is 372 g/mol. The number of hydrazine groups is 1. The highest BCUT2D eigenvalue weighted by Crippen LogP contribution is 2.24. The molecule has 0 saturated carbocycles. The average Bonchev–Trinajstić information content (AvgIpc) is 3.17. The molecule has 3 rings (SSSR count). The summed E-state index contributed by atoms with van der Waals surface area (Å²) in [5.41, 5.74) is 11.5. The van der Waals surface area contributed by atoms with Crippen LogP contribution < -0.4 is 21.0 Å². The molecule has 0 aliphatic carbocycles. The summed E-state index contributed by atoms with van der Waals surface area (Å²) < 4.78 is 5.17. The molecular formula is C19H21ClN4O2. The lowest BCUT2D eigenvalue weighted by Crippen LogP contribution is -2.41. The Morgan fingerprint density at radius 2 is 1.85 bits per heavy atom. The van der Waals surface area contributed by atoms with Gasteiger partial charge in [-0.1, -0.05) is 35.9 Å². The van der Waals surface area contributed by atoms with Crippen molar-refractivity contribution in [2.75, 3.05) is 7.11 Å². The number of rotatable bonds is 5. The van der Waals surface area contributed by atoms with Crippen LogP contribution >= 0.6 is 11.6 Å². The van der Waals surface area contributed by atoms with Gasteiger partial charge in [0.05, 0.1) is 12.8 Å². The van der Waals surface area contributed by atoms with Crippen molar-refractivity contribution in [3.8, 4) is 5.75 Å². The second-order valence-corrected chi connectivity index (χ2v) is 6.52. The van der Waals surface area contributed by atoms with Gasteiger partial charge in [-0.15, -0.1) is 0 Å². The minimum Gasteiger partial charge on any atom is -0.497 e. The first kappa shape index (κ1) is 18.4. The summed E-state index contributed by atoms with van der Waals surface area (Å²) in [6, 6.07) is 14.8. The summed E-state index contributed by atoms with van der Waals surface area (Å²) in [5, 5.41) is 4.84. The molecule has 2 aromatic rings. The summed E-state index contributed by atoms with van der Waals surface area (Å²) in [6.45, 7) is 1.84. The average molecular weight is 373 g/mol. The van der Waals surface area contributed by atoms with Crippen LogP contribution in [0, 0.1) is 0 Å². The zero-order valence-electron chi connectivity index (χ0n) is 14.6. The van der Waals surface area contributed by atoms with Gasteiger partial charge in [-0.25, -0.2) is 16.3 Å². The molecule has 1 fully saturated rings. The highest BCUT2D eigenvalue weighted by Gasteiger charge is 2.30. The Morgan fingerprint density at radius 1 is 1.15 bits per heavy atom. The summed E-state index contributed by atoms with van der Waals surface area (Å²) >= 11 is 5.88. The van der Waals surface area contributed by atoms with Gasteiger partial charge in [0.25, 0.3) is 5.91 Å². The molecule has 3 N–H and O–H groups in total. The van der Waals surface area contributed by atoms with E-state index in [2.05, 4.69) is 21.4 Å². The van der Waals surface area contributed by atoms with E-state index in [1.54, 1.807) is 19.2 Å². The predicted molar refractivity (Wildman–Crippen MR) is 102 cm³/mol. The van der Waals surface area contributed by atoms with Crippen LogP contribution in [0.2, 0.25) is 5.02 Å². The fraction of sp³-hybridized carbons (Fsp3) is 0.263. The standard InChI is InChI=1S/C19H21ClN4O2/c1-12(13-3-7-15(20)8-4-13)21-24-19(25)18-11-17(22-23-18)14-5-9-16(26-2)10-6-14/h3-10,17-18,22-23H,11H2,1-2H3,(H,24,25)/b21-12+. The van der Waals surface area contributed by atoms with E-state index in [0.717, 1.165) is 16.9 Å². The molecular weight excluding hydrogens is 352 g/mol. The van der Waals surface area contributed by atoms with Gasteiger partial charge < -0.3 is 4.74 Å². The van der Waals surface area contributed by atoms with Gasteiger partial charge in [0, 0.05) is 11.1 Å². The minimum atomic E-state index is -0.358. The topological polar surface area (TPSA) is 74.8 Å². The highest BCUT2D eigenvalue weighted by atomic mass is 35.5. The van der Waals surface area contributed by atoms with Gasteiger partial charge in [-0.2, -0.15) is 5.10 Å². The van der Waals surface area contributed by atoms with Gasteiger partial charge in [0.2, 0.25) is 0 Å². The van der Waals surface area contributed by atoms with Gasteiger partial charge in [0.15, 0.2) is 0 Å². The smallest absolute Gasteiger partial charge is 0.258 e. The number of hydrogen-bond acceptors (Lipinski definition) is 5. The molecule has 2 unspecified atom stereocenters. The van der Waals surface area contributed by atoms with Gasteiger partial charge >= 0.3 is 0 Å². The number of halogens is 1. The fourth-order valence-corrected chi connectivity index (χ4v) is 2.88. The van der Waals surface area contributed by atoms with E-state index in [1.165, 1.54) is 0 Å². The molecule has 1 amide bonds. The van der Waals surface area contributed by atoms with Crippen LogP contribution in [-0.2, 0) is 4.79 Å². The predicted octanol–water partition coefficient (Wildman–Crippen LogP) is 2.80. The number of hydrazone groups is 1. The number of hydrogen-bond donors (Lipinski definition) is 3.